The molecule has 0 spiro atoms. The van der Waals surface area contributed by atoms with Crippen molar-refractivity contribution in [2.45, 2.75) is 20.5 Å². The highest BCUT2D eigenvalue weighted by Crippen LogP contribution is 2.01. The molecule has 14 heavy (non-hydrogen) atoms. The van der Waals surface area contributed by atoms with Gasteiger partial charge in [-0.3, -0.25) is 0 Å². The number of hydrogen-bond acceptors (Lipinski definition) is 1. The van der Waals surface area contributed by atoms with Crippen LogP contribution in [-0.4, -0.2) is 0 Å². The molecule has 74 valence electrons. The molecule has 0 radical (unpaired) electrons. The highest BCUT2D eigenvalue weighted by atomic mass is 16.5. The van der Waals surface area contributed by atoms with Gasteiger partial charge in [-0.2, -0.15) is 0 Å². The number of ether oxygens (including phenoxy) is 1. The van der Waals surface area contributed by atoms with Gasteiger partial charge < -0.3 is 4.74 Å². The molecule has 0 fully saturated rings. The van der Waals surface area contributed by atoms with Gasteiger partial charge >= 0.3 is 0 Å². The maximum absolute atomic E-state index is 5.37. The number of hydrogen-bond donors (Lipinski definition) is 0. The molecule has 1 aromatic rings. The van der Waals surface area contributed by atoms with E-state index >= 15 is 0 Å². The molecule has 0 saturated carbocycles. The van der Waals surface area contributed by atoms with Crippen molar-refractivity contribution in [3.8, 4) is 0 Å². The average molecular weight is 188 g/mol. The highest BCUT2D eigenvalue weighted by molar-refractivity contribution is 5.15. The van der Waals surface area contributed by atoms with E-state index in [0.29, 0.717) is 6.61 Å². The molecular formula is C13H16O. The van der Waals surface area contributed by atoms with Crippen LogP contribution in [0.1, 0.15) is 19.4 Å². The van der Waals surface area contributed by atoms with Gasteiger partial charge in [0.1, 0.15) is 6.61 Å². The van der Waals surface area contributed by atoms with Gasteiger partial charge in [0.15, 0.2) is 0 Å². The molecule has 1 nitrogen and oxygen atoms in total. The van der Waals surface area contributed by atoms with Gasteiger partial charge in [0.2, 0.25) is 0 Å². The molecule has 1 heteroatoms. The molecule has 0 aliphatic rings. The smallest absolute Gasteiger partial charge is 0.112 e. The van der Waals surface area contributed by atoms with Crippen molar-refractivity contribution in [2.24, 2.45) is 0 Å². The van der Waals surface area contributed by atoms with Gasteiger partial charge in [0.25, 0.3) is 0 Å². The van der Waals surface area contributed by atoms with E-state index in [1.54, 1.807) is 6.26 Å². The molecular weight excluding hydrogens is 172 g/mol. The van der Waals surface area contributed by atoms with Crippen LogP contribution in [0.4, 0.5) is 0 Å². The van der Waals surface area contributed by atoms with Crippen molar-refractivity contribution in [1.29, 1.82) is 0 Å². The lowest BCUT2D eigenvalue weighted by atomic mass is 10.2. The van der Waals surface area contributed by atoms with Gasteiger partial charge in [-0.25, -0.2) is 0 Å². The monoisotopic (exact) mass is 188 g/mol. The summed E-state index contributed by atoms with van der Waals surface area (Å²) in [6, 6.07) is 10.1. The lowest BCUT2D eigenvalue weighted by Crippen LogP contribution is -1.84. The van der Waals surface area contributed by atoms with Crippen molar-refractivity contribution in [3.63, 3.8) is 0 Å². The number of benzene rings is 1. The lowest BCUT2D eigenvalue weighted by Gasteiger charge is -2.00. The molecule has 0 amide bonds. The van der Waals surface area contributed by atoms with Crippen molar-refractivity contribution in [3.05, 3.63) is 59.9 Å². The van der Waals surface area contributed by atoms with E-state index in [4.69, 9.17) is 4.74 Å². The third kappa shape index (κ3) is 3.94. The summed E-state index contributed by atoms with van der Waals surface area (Å²) in [5.74, 6) is 0. The standard InChI is InChI=1S/C13H16O/c1-3-12(2)9-10-14-11-13-7-5-4-6-8-13/h3-10H,11H2,1-2H3/b10-9+,12-3+. The third-order valence-electron chi connectivity index (χ3n) is 1.98. The topological polar surface area (TPSA) is 9.23 Å². The van der Waals surface area contributed by atoms with Crippen LogP contribution in [0.15, 0.2) is 54.3 Å². The Hall–Kier alpha value is -1.50. The first-order chi connectivity index (χ1) is 6.83. The van der Waals surface area contributed by atoms with Gasteiger partial charge in [-0.1, -0.05) is 42.0 Å². The minimum atomic E-state index is 0.633. The molecule has 1 aromatic carbocycles. The average Bonchev–Trinajstić information content (AvgIpc) is 2.25. The van der Waals surface area contributed by atoms with Crippen LogP contribution in [-0.2, 0) is 11.3 Å². The summed E-state index contributed by atoms with van der Waals surface area (Å²) < 4.78 is 5.37. The Kier molecular flexibility index (Phi) is 4.56. The molecule has 0 heterocycles. The maximum atomic E-state index is 5.37. The minimum absolute atomic E-state index is 0.633. The van der Waals surface area contributed by atoms with Crippen molar-refractivity contribution >= 4 is 0 Å². The molecule has 0 bridgehead atoms. The van der Waals surface area contributed by atoms with E-state index in [2.05, 4.69) is 12.1 Å². The van der Waals surface area contributed by atoms with Crippen LogP contribution in [0.2, 0.25) is 0 Å². The fourth-order valence-corrected chi connectivity index (χ4v) is 0.970. The summed E-state index contributed by atoms with van der Waals surface area (Å²) in [4.78, 5) is 0. The molecule has 0 aliphatic heterocycles. The quantitative estimate of drug-likeness (QED) is 0.517. The van der Waals surface area contributed by atoms with Crippen molar-refractivity contribution in [1.82, 2.24) is 0 Å². The van der Waals surface area contributed by atoms with Gasteiger partial charge in [-0.15, -0.1) is 0 Å². The number of allylic oxidation sites excluding steroid dienone is 3. The van der Waals surface area contributed by atoms with Crippen LogP contribution in [0.5, 0.6) is 0 Å². The highest BCUT2D eigenvalue weighted by Gasteiger charge is 1.87. The summed E-state index contributed by atoms with van der Waals surface area (Å²) in [7, 11) is 0. The van der Waals surface area contributed by atoms with E-state index in [1.807, 2.05) is 44.2 Å². The maximum Gasteiger partial charge on any atom is 0.112 e. The molecule has 0 unspecified atom stereocenters. The SMILES string of the molecule is C/C=C(C)/C=C/OCc1ccccc1. The van der Waals surface area contributed by atoms with E-state index < -0.39 is 0 Å². The normalized spacial score (nSPS) is 12.0. The Morgan fingerprint density at radius 3 is 2.64 bits per heavy atom. The zero-order valence-corrected chi connectivity index (χ0v) is 8.73. The van der Waals surface area contributed by atoms with Crippen molar-refractivity contribution < 1.29 is 4.74 Å². The van der Waals surface area contributed by atoms with Crippen LogP contribution in [0, 0.1) is 0 Å². The second-order valence-corrected chi connectivity index (χ2v) is 3.13. The van der Waals surface area contributed by atoms with Gasteiger partial charge in [-0.05, 0) is 25.5 Å². The Bertz CT molecular complexity index is 309. The van der Waals surface area contributed by atoms with E-state index in [0.717, 1.165) is 0 Å². The second kappa shape index (κ2) is 6.03. The first kappa shape index (κ1) is 10.6. The molecule has 0 N–H and O–H groups in total. The predicted molar refractivity (Wildman–Crippen MR) is 59.8 cm³/mol. The summed E-state index contributed by atoms with van der Waals surface area (Å²) >= 11 is 0. The zero-order valence-electron chi connectivity index (χ0n) is 8.73. The summed E-state index contributed by atoms with van der Waals surface area (Å²) in [6.07, 6.45) is 5.74. The predicted octanol–water partition coefficient (Wildman–Crippen LogP) is 3.68. The summed E-state index contributed by atoms with van der Waals surface area (Å²) in [5, 5.41) is 0. The van der Waals surface area contributed by atoms with Crippen LogP contribution >= 0.6 is 0 Å². The van der Waals surface area contributed by atoms with E-state index in [1.165, 1.54) is 11.1 Å². The van der Waals surface area contributed by atoms with Gasteiger partial charge in [0.05, 0.1) is 6.26 Å². The lowest BCUT2D eigenvalue weighted by molar-refractivity contribution is 0.236. The zero-order chi connectivity index (χ0) is 10.2. The third-order valence-corrected chi connectivity index (χ3v) is 1.98. The van der Waals surface area contributed by atoms with Crippen LogP contribution in [0.3, 0.4) is 0 Å². The Morgan fingerprint density at radius 1 is 1.29 bits per heavy atom. The van der Waals surface area contributed by atoms with Crippen molar-refractivity contribution in [2.75, 3.05) is 0 Å². The summed E-state index contributed by atoms with van der Waals surface area (Å²) in [5.41, 5.74) is 2.40. The summed E-state index contributed by atoms with van der Waals surface area (Å²) in [6.45, 7) is 4.69. The molecule has 1 rings (SSSR count). The second-order valence-electron chi connectivity index (χ2n) is 3.13. The fourth-order valence-electron chi connectivity index (χ4n) is 0.970. The largest absolute Gasteiger partial charge is 0.497 e. The Labute approximate surface area is 85.7 Å². The van der Waals surface area contributed by atoms with E-state index in [-0.39, 0.29) is 0 Å². The molecule has 0 saturated heterocycles. The molecule has 0 aromatic heterocycles. The first-order valence-electron chi connectivity index (χ1n) is 4.78. The Balaban J connectivity index is 2.32. The first-order valence-corrected chi connectivity index (χ1v) is 4.78. The van der Waals surface area contributed by atoms with Crippen LogP contribution < -0.4 is 0 Å². The fraction of sp³-hybridized carbons (Fsp3) is 0.231. The number of rotatable bonds is 4. The molecule has 0 aliphatic carbocycles. The van der Waals surface area contributed by atoms with E-state index in [9.17, 15) is 0 Å². The molecule has 0 atom stereocenters. The Morgan fingerprint density at radius 2 is 2.00 bits per heavy atom. The van der Waals surface area contributed by atoms with Crippen LogP contribution in [0.25, 0.3) is 0 Å². The minimum Gasteiger partial charge on any atom is -0.497 e. The van der Waals surface area contributed by atoms with Gasteiger partial charge in [0, 0.05) is 0 Å².